The van der Waals surface area contributed by atoms with Crippen LogP contribution in [0.25, 0.3) is 0 Å². The van der Waals surface area contributed by atoms with Gasteiger partial charge in [-0.15, -0.1) is 0 Å². The molecule has 0 aliphatic rings. The van der Waals surface area contributed by atoms with Crippen LogP contribution >= 0.6 is 7.82 Å². The molecule has 3 atom stereocenters. The fourth-order valence-electron chi connectivity index (χ4n) is 10.6. The van der Waals surface area contributed by atoms with Gasteiger partial charge in [-0.1, -0.05) is 348 Å². The highest BCUT2D eigenvalue weighted by molar-refractivity contribution is 7.45. The van der Waals surface area contributed by atoms with Gasteiger partial charge < -0.3 is 28.8 Å². The number of carbonyl (C=O) groups excluding carboxylic acids is 1. The minimum atomic E-state index is -4.61. The molecular formula is C78H141N2O6P. The van der Waals surface area contributed by atoms with Crippen molar-refractivity contribution in [2.75, 3.05) is 40.9 Å². The number of aliphatic hydroxyl groups is 1. The summed E-state index contributed by atoms with van der Waals surface area (Å²) in [6, 6.07) is -0.898. The Morgan fingerprint density at radius 3 is 1.02 bits per heavy atom. The quantitative estimate of drug-likeness (QED) is 0.0272. The van der Waals surface area contributed by atoms with Gasteiger partial charge in [0.05, 0.1) is 39.9 Å². The number of amides is 1. The number of likely N-dealkylation sites (N-methyl/N-ethyl adjacent to an activating group) is 1. The SMILES string of the molecule is CC/C=C\C/C=C\C/C=C\C/C=C\C/C=C\C/C=C\C/C=C\C/C=C\CCCCCCCCCCCCC(=O)NC(COP(=O)([O-])OCC[N+](C)(C)C)C(O)/C=C/CCCCCCCCCCCCCCCCCCCCCCCCCCCCCC. The molecule has 0 fully saturated rings. The number of allylic oxidation sites excluding steroid dienone is 17. The van der Waals surface area contributed by atoms with Gasteiger partial charge in [0.1, 0.15) is 13.2 Å². The Morgan fingerprint density at radius 2 is 0.701 bits per heavy atom. The Hall–Kier alpha value is -2.84. The van der Waals surface area contributed by atoms with Crippen molar-refractivity contribution in [3.8, 4) is 0 Å². The van der Waals surface area contributed by atoms with E-state index in [1.807, 2.05) is 27.2 Å². The van der Waals surface area contributed by atoms with Crippen LogP contribution in [0.3, 0.4) is 0 Å². The third-order valence-electron chi connectivity index (χ3n) is 16.2. The zero-order valence-electron chi connectivity index (χ0n) is 57.7. The van der Waals surface area contributed by atoms with Gasteiger partial charge in [-0.2, -0.15) is 0 Å². The topological polar surface area (TPSA) is 108 Å². The minimum Gasteiger partial charge on any atom is -0.756 e. The largest absolute Gasteiger partial charge is 0.756 e. The molecule has 0 aliphatic heterocycles. The lowest BCUT2D eigenvalue weighted by Crippen LogP contribution is -2.45. The zero-order chi connectivity index (χ0) is 63.4. The van der Waals surface area contributed by atoms with Crippen molar-refractivity contribution in [1.82, 2.24) is 5.32 Å². The van der Waals surface area contributed by atoms with Crippen LogP contribution in [0, 0.1) is 0 Å². The van der Waals surface area contributed by atoms with Crippen LogP contribution in [0.5, 0.6) is 0 Å². The average Bonchev–Trinajstić information content (AvgIpc) is 3.70. The van der Waals surface area contributed by atoms with Gasteiger partial charge in [0.15, 0.2) is 0 Å². The van der Waals surface area contributed by atoms with E-state index in [0.29, 0.717) is 17.4 Å². The molecule has 0 aromatic heterocycles. The van der Waals surface area contributed by atoms with E-state index in [1.165, 1.54) is 212 Å². The maximum Gasteiger partial charge on any atom is 0.268 e. The van der Waals surface area contributed by atoms with Gasteiger partial charge in [-0.3, -0.25) is 9.36 Å². The standard InChI is InChI=1S/C78H141N2O6P/c1-6-8-10-12-14-16-18-20-22-24-26-28-30-32-34-36-38-39-40-41-42-44-46-48-50-52-54-56-58-60-62-64-66-68-70-72-78(82)79-76(75-86-87(83,84)85-74-73-80(3,4)5)77(81)71-69-67-65-63-61-59-57-55-53-51-49-47-45-43-37-35-33-31-29-27-25-23-21-19-17-15-13-11-9-7-2/h8,10,14,16,20,22,26,28,32,34,38-39,41-42,46,48,69,71,76-77,81H,6-7,9,11-13,15,17-19,21,23-25,27,29-31,33,35-37,40,43-45,47,49-68,70,72-75H2,1-5H3,(H-,79,82,83,84)/b10-8-,16-14-,22-20-,28-26-,34-32-,39-38-,42-41-,48-46-,71-69+. The molecule has 2 N–H and O–H groups in total. The number of phosphoric acid groups is 1. The molecule has 1 amide bonds. The summed E-state index contributed by atoms with van der Waals surface area (Å²) in [6.45, 7) is 4.56. The van der Waals surface area contributed by atoms with Crippen molar-refractivity contribution in [3.05, 3.63) is 109 Å². The fourth-order valence-corrected chi connectivity index (χ4v) is 11.3. The van der Waals surface area contributed by atoms with Gasteiger partial charge in [-0.05, 0) is 83.5 Å². The molecule has 0 saturated heterocycles. The fraction of sp³-hybridized carbons (Fsp3) is 0.756. The first-order chi connectivity index (χ1) is 42.5. The van der Waals surface area contributed by atoms with Gasteiger partial charge in [-0.25, -0.2) is 0 Å². The van der Waals surface area contributed by atoms with Crippen LogP contribution in [0.4, 0.5) is 0 Å². The van der Waals surface area contributed by atoms with Gasteiger partial charge in [0, 0.05) is 6.42 Å². The minimum absolute atomic E-state index is 0.00592. The summed E-state index contributed by atoms with van der Waals surface area (Å²) < 4.78 is 23.5. The second-order valence-electron chi connectivity index (χ2n) is 25.9. The Morgan fingerprint density at radius 1 is 0.414 bits per heavy atom. The van der Waals surface area contributed by atoms with Crippen LogP contribution in [0.1, 0.15) is 328 Å². The molecule has 504 valence electrons. The van der Waals surface area contributed by atoms with E-state index in [2.05, 4.69) is 116 Å². The normalized spacial score (nSPS) is 14.2. The third-order valence-corrected chi connectivity index (χ3v) is 17.2. The van der Waals surface area contributed by atoms with E-state index in [4.69, 9.17) is 9.05 Å². The van der Waals surface area contributed by atoms with Crippen LogP contribution < -0.4 is 10.2 Å². The van der Waals surface area contributed by atoms with Crippen molar-refractivity contribution in [2.24, 2.45) is 0 Å². The van der Waals surface area contributed by atoms with E-state index in [1.54, 1.807) is 6.08 Å². The second-order valence-corrected chi connectivity index (χ2v) is 27.3. The molecular weight excluding hydrogens is 1090 g/mol. The Labute approximate surface area is 540 Å². The third kappa shape index (κ3) is 70.5. The lowest BCUT2D eigenvalue weighted by molar-refractivity contribution is -0.870. The molecule has 0 radical (unpaired) electrons. The summed E-state index contributed by atoms with van der Waals surface area (Å²) >= 11 is 0. The van der Waals surface area contributed by atoms with Crippen molar-refractivity contribution in [1.29, 1.82) is 0 Å². The zero-order valence-corrected chi connectivity index (χ0v) is 58.6. The first-order valence-corrected chi connectivity index (χ1v) is 38.2. The van der Waals surface area contributed by atoms with E-state index in [-0.39, 0.29) is 19.1 Å². The molecule has 0 aromatic rings. The number of carbonyl (C=O) groups is 1. The van der Waals surface area contributed by atoms with Crippen LogP contribution in [0.2, 0.25) is 0 Å². The molecule has 9 heteroatoms. The lowest BCUT2D eigenvalue weighted by atomic mass is 10.0. The maximum atomic E-state index is 13.1. The van der Waals surface area contributed by atoms with Crippen LogP contribution in [-0.4, -0.2) is 68.5 Å². The molecule has 0 rings (SSSR count). The van der Waals surface area contributed by atoms with Crippen LogP contribution in [-0.2, 0) is 18.4 Å². The second kappa shape index (κ2) is 67.6. The predicted molar refractivity (Wildman–Crippen MR) is 380 cm³/mol. The van der Waals surface area contributed by atoms with Gasteiger partial charge in [0.25, 0.3) is 7.82 Å². The molecule has 0 spiro atoms. The average molecular weight is 1230 g/mol. The first kappa shape index (κ1) is 84.2. The van der Waals surface area contributed by atoms with E-state index < -0.39 is 20.0 Å². The number of aliphatic hydroxyl groups excluding tert-OH is 1. The number of quaternary nitrogens is 1. The van der Waals surface area contributed by atoms with Gasteiger partial charge in [0.2, 0.25) is 5.91 Å². The molecule has 87 heavy (non-hydrogen) atoms. The summed E-state index contributed by atoms with van der Waals surface area (Å²) in [4.78, 5) is 25.7. The van der Waals surface area contributed by atoms with Crippen molar-refractivity contribution < 1.29 is 32.9 Å². The molecule has 0 saturated carbocycles. The molecule has 0 heterocycles. The van der Waals surface area contributed by atoms with Crippen molar-refractivity contribution in [2.45, 2.75) is 341 Å². The van der Waals surface area contributed by atoms with E-state index >= 15 is 0 Å². The number of nitrogens with zero attached hydrogens (tertiary/aromatic N) is 1. The smallest absolute Gasteiger partial charge is 0.268 e. The summed E-state index contributed by atoms with van der Waals surface area (Å²) in [7, 11) is 1.26. The van der Waals surface area contributed by atoms with E-state index in [9.17, 15) is 19.4 Å². The summed E-state index contributed by atoms with van der Waals surface area (Å²) in [5.74, 6) is -0.202. The number of unbranched alkanes of at least 4 members (excludes halogenated alkanes) is 38. The Balaban J connectivity index is 4.10. The first-order valence-electron chi connectivity index (χ1n) is 36.7. The van der Waals surface area contributed by atoms with Crippen molar-refractivity contribution in [3.63, 3.8) is 0 Å². The monoisotopic (exact) mass is 1230 g/mol. The molecule has 0 aromatic carbocycles. The number of phosphoric ester groups is 1. The highest BCUT2D eigenvalue weighted by atomic mass is 31.2. The summed E-state index contributed by atoms with van der Waals surface area (Å²) in [6.07, 6.45) is 99.3. The summed E-state index contributed by atoms with van der Waals surface area (Å²) in [5, 5.41) is 14.0. The van der Waals surface area contributed by atoms with Crippen molar-refractivity contribution >= 4 is 13.7 Å². The Bertz CT molecular complexity index is 1790. The number of hydrogen-bond acceptors (Lipinski definition) is 6. The predicted octanol–water partition coefficient (Wildman–Crippen LogP) is 23.2. The number of rotatable bonds is 67. The molecule has 0 aliphatic carbocycles. The van der Waals surface area contributed by atoms with Crippen LogP contribution in [0.15, 0.2) is 109 Å². The number of nitrogens with one attached hydrogen (secondary N) is 1. The number of hydrogen-bond donors (Lipinski definition) is 2. The molecule has 0 bridgehead atoms. The maximum absolute atomic E-state index is 13.1. The van der Waals surface area contributed by atoms with E-state index in [0.717, 1.165) is 96.3 Å². The summed E-state index contributed by atoms with van der Waals surface area (Å²) in [5.41, 5.74) is 0. The highest BCUT2D eigenvalue weighted by Crippen LogP contribution is 2.38. The van der Waals surface area contributed by atoms with Gasteiger partial charge >= 0.3 is 0 Å². The lowest BCUT2D eigenvalue weighted by Gasteiger charge is -2.29. The molecule has 8 nitrogen and oxygen atoms in total. The molecule has 3 unspecified atom stereocenters. The Kier molecular flexibility index (Phi) is 65.3. The highest BCUT2D eigenvalue weighted by Gasteiger charge is 2.23.